The van der Waals surface area contributed by atoms with Crippen LogP contribution in [0.15, 0.2) is 9.72 Å². The van der Waals surface area contributed by atoms with Crippen LogP contribution in [-0.2, 0) is 20.7 Å². The largest absolute Gasteiger partial charge is 0.481 e. The van der Waals surface area contributed by atoms with Gasteiger partial charge >= 0.3 is 11.9 Å². The second-order valence-corrected chi connectivity index (χ2v) is 6.63. The van der Waals surface area contributed by atoms with Gasteiger partial charge in [-0.15, -0.1) is 11.3 Å². The number of carbonyl (C=O) groups excluding carboxylic acids is 1. The Bertz CT molecular complexity index is 436. The second-order valence-electron chi connectivity index (χ2n) is 4.55. The van der Waals surface area contributed by atoms with Crippen molar-refractivity contribution in [2.75, 3.05) is 5.75 Å². The average Bonchev–Trinajstić information content (AvgIpc) is 2.59. The Morgan fingerprint density at radius 2 is 2.17 bits per heavy atom. The molecule has 0 fully saturated rings. The lowest BCUT2D eigenvalue weighted by Crippen LogP contribution is -2.24. The van der Waals surface area contributed by atoms with E-state index >= 15 is 0 Å². The minimum atomic E-state index is -0.913. The summed E-state index contributed by atoms with van der Waals surface area (Å²) in [5, 5.41) is 10.3. The average molecular weight is 289 g/mol. The molecular formula is C11H15NO4S2. The predicted octanol–water partition coefficient (Wildman–Crippen LogP) is 2.20. The van der Waals surface area contributed by atoms with Gasteiger partial charge < -0.3 is 9.84 Å². The van der Waals surface area contributed by atoms with Crippen molar-refractivity contribution < 1.29 is 19.4 Å². The molecule has 5 nitrogen and oxygen atoms in total. The van der Waals surface area contributed by atoms with Crippen LogP contribution in [0.4, 0.5) is 0 Å². The van der Waals surface area contributed by atoms with E-state index in [1.54, 1.807) is 5.38 Å². The predicted molar refractivity (Wildman–Crippen MR) is 70.0 cm³/mol. The topological polar surface area (TPSA) is 76.5 Å². The third-order valence-electron chi connectivity index (χ3n) is 1.60. The fourth-order valence-corrected chi connectivity index (χ4v) is 2.70. The molecule has 0 saturated heterocycles. The maximum absolute atomic E-state index is 11.5. The third-order valence-corrected chi connectivity index (χ3v) is 3.64. The zero-order valence-corrected chi connectivity index (χ0v) is 12.1. The number of ether oxygens (including phenoxy) is 1. The first-order valence-electron chi connectivity index (χ1n) is 5.27. The van der Waals surface area contributed by atoms with Crippen molar-refractivity contribution in [1.82, 2.24) is 4.98 Å². The van der Waals surface area contributed by atoms with Gasteiger partial charge in [0.1, 0.15) is 5.60 Å². The summed E-state index contributed by atoms with van der Waals surface area (Å²) < 4.78 is 5.83. The fraction of sp³-hybridized carbons (Fsp3) is 0.545. The molecule has 0 aromatic carbocycles. The molecule has 0 radical (unpaired) electrons. The summed E-state index contributed by atoms with van der Waals surface area (Å²) in [5.41, 5.74) is 0.0221. The number of thioether (sulfide) groups is 1. The van der Waals surface area contributed by atoms with E-state index in [4.69, 9.17) is 9.84 Å². The minimum absolute atomic E-state index is 0.0938. The molecule has 1 heterocycles. The monoisotopic (exact) mass is 289 g/mol. The van der Waals surface area contributed by atoms with Gasteiger partial charge in [-0.25, -0.2) is 4.98 Å². The van der Waals surface area contributed by atoms with E-state index in [2.05, 4.69) is 4.98 Å². The summed E-state index contributed by atoms with van der Waals surface area (Å²) in [5.74, 6) is -1.04. The molecule has 0 amide bonds. The third kappa shape index (κ3) is 6.02. The summed E-state index contributed by atoms with van der Waals surface area (Å²) in [4.78, 5) is 26.1. The van der Waals surface area contributed by atoms with Crippen molar-refractivity contribution in [3.63, 3.8) is 0 Å². The number of rotatable bonds is 5. The van der Waals surface area contributed by atoms with Crippen molar-refractivity contribution in [1.29, 1.82) is 0 Å². The number of nitrogens with zero attached hydrogens (tertiary/aromatic N) is 1. The number of esters is 1. The van der Waals surface area contributed by atoms with Crippen LogP contribution in [0, 0.1) is 0 Å². The molecule has 0 saturated carbocycles. The number of hydrogen-bond acceptors (Lipinski definition) is 6. The molecule has 0 aliphatic carbocycles. The first-order chi connectivity index (χ1) is 8.26. The Morgan fingerprint density at radius 1 is 1.50 bits per heavy atom. The molecule has 7 heteroatoms. The van der Waals surface area contributed by atoms with Crippen LogP contribution < -0.4 is 0 Å². The van der Waals surface area contributed by atoms with E-state index in [-0.39, 0.29) is 18.1 Å². The highest BCUT2D eigenvalue weighted by Gasteiger charge is 2.17. The Hall–Kier alpha value is -1.08. The quantitative estimate of drug-likeness (QED) is 0.661. The van der Waals surface area contributed by atoms with E-state index in [0.717, 1.165) is 0 Å². The molecule has 0 bridgehead atoms. The minimum Gasteiger partial charge on any atom is -0.481 e. The van der Waals surface area contributed by atoms with Crippen LogP contribution >= 0.6 is 23.1 Å². The smallest absolute Gasteiger partial charge is 0.316 e. The van der Waals surface area contributed by atoms with E-state index < -0.39 is 11.6 Å². The first kappa shape index (κ1) is 15.0. The molecule has 18 heavy (non-hydrogen) atoms. The molecule has 1 rings (SSSR count). The van der Waals surface area contributed by atoms with Crippen LogP contribution in [0.3, 0.4) is 0 Å². The first-order valence-corrected chi connectivity index (χ1v) is 7.13. The second kappa shape index (κ2) is 6.19. The number of aromatic nitrogens is 1. The van der Waals surface area contributed by atoms with Gasteiger partial charge in [-0.05, 0) is 20.8 Å². The summed E-state index contributed by atoms with van der Waals surface area (Å²) in [7, 11) is 0. The number of hydrogen-bond donors (Lipinski definition) is 1. The molecule has 1 N–H and O–H groups in total. The Morgan fingerprint density at radius 3 is 2.72 bits per heavy atom. The fourth-order valence-electron chi connectivity index (χ4n) is 1.08. The van der Waals surface area contributed by atoms with E-state index in [1.807, 2.05) is 20.8 Å². The zero-order chi connectivity index (χ0) is 13.8. The lowest BCUT2D eigenvalue weighted by molar-refractivity contribution is -0.151. The number of carbonyl (C=O) groups is 2. The Balaban J connectivity index is 2.42. The number of aliphatic carboxylic acids is 1. The van der Waals surface area contributed by atoms with Gasteiger partial charge in [0.05, 0.1) is 17.9 Å². The molecular weight excluding hydrogens is 274 g/mol. The number of carboxylic acids is 1. The maximum Gasteiger partial charge on any atom is 0.316 e. The van der Waals surface area contributed by atoms with Crippen molar-refractivity contribution in [2.45, 2.75) is 37.1 Å². The number of carboxylic acid groups (broad SMARTS) is 1. The normalized spacial score (nSPS) is 11.3. The molecule has 1 aromatic rings. The van der Waals surface area contributed by atoms with E-state index in [1.165, 1.54) is 23.1 Å². The Labute approximate surface area is 114 Å². The molecule has 0 atom stereocenters. The van der Waals surface area contributed by atoms with Crippen molar-refractivity contribution in [3.8, 4) is 0 Å². The summed E-state index contributed by atoms with van der Waals surface area (Å²) in [6.45, 7) is 5.43. The van der Waals surface area contributed by atoms with Gasteiger partial charge in [0.25, 0.3) is 0 Å². The highest BCUT2D eigenvalue weighted by atomic mass is 32.2. The van der Waals surface area contributed by atoms with Gasteiger partial charge in [0.15, 0.2) is 4.34 Å². The maximum atomic E-state index is 11.5. The van der Waals surface area contributed by atoms with Crippen LogP contribution in [0.1, 0.15) is 26.5 Å². The molecule has 0 aliphatic rings. The van der Waals surface area contributed by atoms with Gasteiger partial charge in [-0.1, -0.05) is 11.8 Å². The van der Waals surface area contributed by atoms with Crippen LogP contribution in [0.2, 0.25) is 0 Å². The molecule has 0 aliphatic heterocycles. The van der Waals surface area contributed by atoms with Gasteiger partial charge in [0, 0.05) is 5.38 Å². The summed E-state index contributed by atoms with van der Waals surface area (Å²) in [6.07, 6.45) is -0.0938. The Kier molecular flexibility index (Phi) is 5.15. The van der Waals surface area contributed by atoms with Crippen LogP contribution in [-0.4, -0.2) is 33.4 Å². The van der Waals surface area contributed by atoms with Gasteiger partial charge in [0.2, 0.25) is 0 Å². The van der Waals surface area contributed by atoms with Crippen molar-refractivity contribution >= 4 is 35.0 Å². The van der Waals surface area contributed by atoms with Crippen LogP contribution in [0.25, 0.3) is 0 Å². The lowest BCUT2D eigenvalue weighted by Gasteiger charge is -2.18. The number of thiazole rings is 1. The SMILES string of the molecule is CC(C)(C)OC(=O)CSc1nc(CC(=O)O)cs1. The van der Waals surface area contributed by atoms with Gasteiger partial charge in [-0.3, -0.25) is 9.59 Å². The summed E-state index contributed by atoms with van der Waals surface area (Å²) in [6, 6.07) is 0. The molecule has 1 aromatic heterocycles. The van der Waals surface area contributed by atoms with Crippen LogP contribution in [0.5, 0.6) is 0 Å². The lowest BCUT2D eigenvalue weighted by atomic mass is 10.2. The summed E-state index contributed by atoms with van der Waals surface area (Å²) >= 11 is 2.59. The highest BCUT2D eigenvalue weighted by Crippen LogP contribution is 2.23. The van der Waals surface area contributed by atoms with Crippen molar-refractivity contribution in [2.24, 2.45) is 0 Å². The molecule has 0 unspecified atom stereocenters. The van der Waals surface area contributed by atoms with Gasteiger partial charge in [-0.2, -0.15) is 0 Å². The van der Waals surface area contributed by atoms with Crippen molar-refractivity contribution in [3.05, 3.63) is 11.1 Å². The van der Waals surface area contributed by atoms with E-state index in [9.17, 15) is 9.59 Å². The van der Waals surface area contributed by atoms with E-state index in [0.29, 0.717) is 10.0 Å². The zero-order valence-electron chi connectivity index (χ0n) is 10.4. The highest BCUT2D eigenvalue weighted by molar-refractivity contribution is 8.01. The molecule has 100 valence electrons. The molecule has 0 spiro atoms. The standard InChI is InChI=1S/C11H15NO4S2/c1-11(2,3)16-9(15)6-18-10-12-7(5-17-10)4-8(13)14/h5H,4,6H2,1-3H3,(H,13,14).